The van der Waals surface area contributed by atoms with Crippen LogP contribution in [0.1, 0.15) is 36.2 Å². The van der Waals surface area contributed by atoms with Crippen molar-refractivity contribution >= 4 is 33.2 Å². The molecular formula is C25H23Cl2N7O4S. The van der Waals surface area contributed by atoms with Crippen molar-refractivity contribution in [2.75, 3.05) is 12.5 Å². The highest BCUT2D eigenvalue weighted by Crippen LogP contribution is 2.38. The third kappa shape index (κ3) is 6.46. The van der Waals surface area contributed by atoms with E-state index < -0.39 is 20.6 Å². The number of alkyl halides is 1. The van der Waals surface area contributed by atoms with Crippen LogP contribution in [-0.4, -0.2) is 45.6 Å². The van der Waals surface area contributed by atoms with Gasteiger partial charge in [-0.05, 0) is 41.5 Å². The molecule has 0 saturated carbocycles. The number of primary sulfonamides is 1. The molecule has 0 aliphatic heterocycles. The second kappa shape index (κ2) is 11.5. The molecule has 0 spiro atoms. The summed E-state index contributed by atoms with van der Waals surface area (Å²) in [5, 5.41) is 18.3. The number of sulfonamides is 1. The largest absolute Gasteiger partial charge is 0.489 e. The Morgan fingerprint density at radius 1 is 1.10 bits per heavy atom. The number of hydrogen-bond donors (Lipinski definition) is 1. The summed E-state index contributed by atoms with van der Waals surface area (Å²) in [6, 6.07) is 14.9. The lowest BCUT2D eigenvalue weighted by Crippen LogP contribution is -2.19. The van der Waals surface area contributed by atoms with Gasteiger partial charge in [0.15, 0.2) is 5.75 Å². The van der Waals surface area contributed by atoms with Crippen molar-refractivity contribution in [3.05, 3.63) is 82.4 Å². The maximum absolute atomic E-state index is 11.4. The van der Waals surface area contributed by atoms with Crippen molar-refractivity contribution in [1.29, 1.82) is 5.26 Å². The first-order chi connectivity index (χ1) is 18.5. The Morgan fingerprint density at radius 3 is 2.49 bits per heavy atom. The highest BCUT2D eigenvalue weighted by atomic mass is 35.5. The summed E-state index contributed by atoms with van der Waals surface area (Å²) in [5.74, 6) is 1.33. The number of aromatic nitrogens is 5. The minimum atomic E-state index is -4.04. The third-order valence-electron chi connectivity index (χ3n) is 5.80. The van der Waals surface area contributed by atoms with Crippen LogP contribution in [0.2, 0.25) is 5.02 Å². The maximum Gasteiger partial charge on any atom is 0.282 e. The van der Waals surface area contributed by atoms with Crippen LogP contribution in [0, 0.1) is 11.3 Å². The van der Waals surface area contributed by atoms with Crippen LogP contribution >= 0.6 is 23.2 Å². The number of benzene rings is 2. The molecule has 0 saturated heterocycles. The summed E-state index contributed by atoms with van der Waals surface area (Å²) in [7, 11) is -4.04. The van der Waals surface area contributed by atoms with Crippen LogP contribution < -0.4 is 14.6 Å². The first-order valence-corrected chi connectivity index (χ1v) is 13.9. The molecule has 2 heterocycles. The number of rotatable bonds is 10. The maximum atomic E-state index is 11.4. The zero-order valence-electron chi connectivity index (χ0n) is 20.9. The number of halogens is 2. The van der Waals surface area contributed by atoms with Crippen molar-refractivity contribution in [1.82, 2.24) is 24.7 Å². The fraction of sp³-hybridized carbons (Fsp3) is 0.240. The monoisotopic (exact) mass is 587 g/mol. The van der Waals surface area contributed by atoms with Crippen molar-refractivity contribution in [2.45, 2.75) is 31.0 Å². The van der Waals surface area contributed by atoms with Gasteiger partial charge in [0.2, 0.25) is 0 Å². The van der Waals surface area contributed by atoms with E-state index in [1.165, 1.54) is 6.20 Å². The number of ether oxygens (including phenoxy) is 2. The van der Waals surface area contributed by atoms with Crippen LogP contribution in [0.25, 0.3) is 5.95 Å². The van der Waals surface area contributed by atoms with E-state index in [9.17, 15) is 13.7 Å². The summed E-state index contributed by atoms with van der Waals surface area (Å²) in [4.78, 5) is 12.1. The minimum Gasteiger partial charge on any atom is -0.489 e. The van der Waals surface area contributed by atoms with Gasteiger partial charge >= 0.3 is 0 Å². The summed E-state index contributed by atoms with van der Waals surface area (Å²) in [6.07, 6.45) is 2.66. The molecule has 0 amide bonds. The van der Waals surface area contributed by atoms with Gasteiger partial charge in [-0.1, -0.05) is 37.6 Å². The molecule has 0 aliphatic rings. The van der Waals surface area contributed by atoms with E-state index in [1.54, 1.807) is 18.2 Å². The minimum absolute atomic E-state index is 0.116. The first-order valence-electron chi connectivity index (χ1n) is 11.5. The molecular weight excluding hydrogens is 565 g/mol. The van der Waals surface area contributed by atoms with Crippen LogP contribution in [0.4, 0.5) is 0 Å². The van der Waals surface area contributed by atoms with Crippen molar-refractivity contribution in [3.63, 3.8) is 0 Å². The third-order valence-corrected chi connectivity index (χ3v) is 6.93. The van der Waals surface area contributed by atoms with E-state index in [0.29, 0.717) is 27.8 Å². The molecule has 14 heteroatoms. The molecule has 39 heavy (non-hydrogen) atoms. The molecule has 2 aromatic heterocycles. The van der Waals surface area contributed by atoms with Crippen LogP contribution in [0.3, 0.4) is 0 Å². The molecule has 0 unspecified atom stereocenters. The van der Waals surface area contributed by atoms with Gasteiger partial charge in [-0.15, -0.1) is 16.7 Å². The first kappa shape index (κ1) is 28.3. The van der Waals surface area contributed by atoms with E-state index in [-0.39, 0.29) is 25.0 Å². The number of nitrogens with zero attached hydrogens (tertiary/aromatic N) is 6. The van der Waals surface area contributed by atoms with Gasteiger partial charge in [0.1, 0.15) is 31.4 Å². The van der Waals surface area contributed by atoms with Crippen molar-refractivity contribution in [3.8, 4) is 23.5 Å². The molecule has 202 valence electrons. The molecule has 0 radical (unpaired) electrons. The van der Waals surface area contributed by atoms with Crippen LogP contribution in [-0.2, 0) is 22.0 Å². The Morgan fingerprint density at radius 2 is 1.85 bits per heavy atom. The predicted octanol–water partition coefficient (Wildman–Crippen LogP) is 3.75. The Kier molecular flexibility index (Phi) is 8.36. The van der Waals surface area contributed by atoms with Gasteiger partial charge < -0.3 is 9.47 Å². The second-order valence-electron chi connectivity index (χ2n) is 8.79. The van der Waals surface area contributed by atoms with E-state index in [2.05, 4.69) is 26.1 Å². The molecule has 11 nitrogen and oxygen atoms in total. The molecule has 0 bridgehead atoms. The summed E-state index contributed by atoms with van der Waals surface area (Å²) < 4.78 is 35.4. The van der Waals surface area contributed by atoms with E-state index in [0.717, 1.165) is 22.1 Å². The standard InChI is InChI=1S/C25H23Cl2N7O4S/c1-25(2,18-11-16(13-28)22(21(27)12-18)37-10-8-26)17-3-5-20(6-4-17)38-14-19-7-9-30-23(32-19)34-15-31-24(33-34)39(29,35)36/h3-7,9,11-12,15H,8,10,14H2,1-2H3,(H2,29,35,36). The summed E-state index contributed by atoms with van der Waals surface area (Å²) >= 11 is 12.2. The SMILES string of the molecule is CC(C)(c1ccc(OCc2ccnc(-n3cnc(S(N)(=O)=O)n3)n2)cc1)c1cc(Cl)c(OCCCl)c(C#N)c1. The number of nitriles is 1. The lowest BCUT2D eigenvalue weighted by atomic mass is 9.77. The van der Waals surface area contributed by atoms with Gasteiger partial charge in [0.25, 0.3) is 21.1 Å². The van der Waals surface area contributed by atoms with Gasteiger partial charge in [0.05, 0.1) is 22.2 Å². The van der Waals surface area contributed by atoms with Gasteiger partial charge in [0, 0.05) is 11.6 Å². The molecule has 0 fully saturated rings. The van der Waals surface area contributed by atoms with Crippen LogP contribution in [0.15, 0.2) is 60.1 Å². The number of nitrogens with two attached hydrogens (primary N) is 1. The zero-order valence-corrected chi connectivity index (χ0v) is 23.2. The van der Waals surface area contributed by atoms with Crippen LogP contribution in [0.5, 0.6) is 11.5 Å². The molecule has 2 aromatic carbocycles. The molecule has 0 aliphatic carbocycles. The summed E-state index contributed by atoms with van der Waals surface area (Å²) in [5.41, 5.74) is 2.22. The average Bonchev–Trinajstić information content (AvgIpc) is 3.43. The highest BCUT2D eigenvalue weighted by molar-refractivity contribution is 7.89. The van der Waals surface area contributed by atoms with Gasteiger partial charge in [-0.25, -0.2) is 28.5 Å². The molecule has 2 N–H and O–H groups in total. The average molecular weight is 588 g/mol. The fourth-order valence-corrected chi connectivity index (χ4v) is 4.41. The van der Waals surface area contributed by atoms with E-state index >= 15 is 0 Å². The Hall–Kier alpha value is -3.76. The molecule has 4 rings (SSSR count). The Labute approximate surface area is 235 Å². The zero-order chi connectivity index (χ0) is 28.2. The Bertz CT molecular complexity index is 1640. The quantitative estimate of drug-likeness (QED) is 0.272. The smallest absolute Gasteiger partial charge is 0.282 e. The second-order valence-corrected chi connectivity index (χ2v) is 11.0. The van der Waals surface area contributed by atoms with E-state index in [4.69, 9.17) is 37.8 Å². The fourth-order valence-electron chi connectivity index (χ4n) is 3.67. The topological polar surface area (TPSA) is 159 Å². The normalized spacial score (nSPS) is 11.7. The highest BCUT2D eigenvalue weighted by Gasteiger charge is 2.26. The molecule has 0 atom stereocenters. The summed E-state index contributed by atoms with van der Waals surface area (Å²) in [6.45, 7) is 4.43. The Balaban J connectivity index is 1.48. The van der Waals surface area contributed by atoms with Crippen molar-refractivity contribution in [2.24, 2.45) is 5.14 Å². The van der Waals surface area contributed by atoms with Crippen molar-refractivity contribution < 1.29 is 17.9 Å². The van der Waals surface area contributed by atoms with E-state index in [1.807, 2.05) is 38.1 Å². The lowest BCUT2D eigenvalue weighted by molar-refractivity contribution is 0.300. The van der Waals surface area contributed by atoms with Gasteiger partial charge in [-0.3, -0.25) is 0 Å². The predicted molar refractivity (Wildman–Crippen MR) is 144 cm³/mol. The van der Waals surface area contributed by atoms with Gasteiger partial charge in [-0.2, -0.15) is 9.94 Å². The lowest BCUT2D eigenvalue weighted by Gasteiger charge is -2.27. The number of hydrogen-bond acceptors (Lipinski definition) is 9. The molecule has 4 aromatic rings.